The summed E-state index contributed by atoms with van der Waals surface area (Å²) >= 11 is 12.0. The molecule has 0 fully saturated rings. The van der Waals surface area contributed by atoms with E-state index in [4.69, 9.17) is 27.9 Å². The van der Waals surface area contributed by atoms with Gasteiger partial charge in [0, 0.05) is 12.7 Å². The SMILES string of the molecule is CC(Oc1cccc(Cl)c1Cl)C(=O)Nc1ccc2c(c1)C(=O)N(C)C2=O. The fourth-order valence-electron chi connectivity index (χ4n) is 2.50. The molecule has 1 aliphatic heterocycles. The first-order valence-corrected chi connectivity index (χ1v) is 8.43. The zero-order valence-electron chi connectivity index (χ0n) is 13.9. The number of imide groups is 1. The molecule has 0 saturated heterocycles. The first kappa shape index (κ1) is 18.2. The average Bonchev–Trinajstić information content (AvgIpc) is 2.83. The van der Waals surface area contributed by atoms with E-state index in [2.05, 4.69) is 5.32 Å². The van der Waals surface area contributed by atoms with Crippen molar-refractivity contribution >= 4 is 46.6 Å². The van der Waals surface area contributed by atoms with Crippen molar-refractivity contribution in [3.05, 3.63) is 57.6 Å². The molecular formula is C18H14Cl2N2O4. The van der Waals surface area contributed by atoms with Gasteiger partial charge in [-0.05, 0) is 37.3 Å². The van der Waals surface area contributed by atoms with Gasteiger partial charge in [0.2, 0.25) is 0 Å². The van der Waals surface area contributed by atoms with Crippen molar-refractivity contribution in [2.45, 2.75) is 13.0 Å². The van der Waals surface area contributed by atoms with Crippen LogP contribution in [0.4, 0.5) is 5.69 Å². The summed E-state index contributed by atoms with van der Waals surface area (Å²) in [4.78, 5) is 37.3. The number of hydrogen-bond acceptors (Lipinski definition) is 4. The number of amides is 3. The van der Waals surface area contributed by atoms with Gasteiger partial charge < -0.3 is 10.1 Å². The molecule has 6 nitrogen and oxygen atoms in total. The predicted molar refractivity (Wildman–Crippen MR) is 98.0 cm³/mol. The standard InChI is InChI=1S/C18H14Cl2N2O4/c1-9(26-14-5-3-4-13(19)15(14)20)16(23)21-10-6-7-11-12(8-10)18(25)22(2)17(11)24/h3-9H,1-2H3,(H,21,23). The molecule has 0 radical (unpaired) electrons. The number of carbonyl (C=O) groups excluding carboxylic acids is 3. The van der Waals surface area contributed by atoms with Crippen LogP contribution in [-0.2, 0) is 4.79 Å². The molecule has 1 unspecified atom stereocenters. The van der Waals surface area contributed by atoms with Crippen LogP contribution in [0.3, 0.4) is 0 Å². The lowest BCUT2D eigenvalue weighted by molar-refractivity contribution is -0.122. The topological polar surface area (TPSA) is 75.7 Å². The highest BCUT2D eigenvalue weighted by Crippen LogP contribution is 2.32. The number of anilines is 1. The third-order valence-corrected chi connectivity index (χ3v) is 4.75. The van der Waals surface area contributed by atoms with E-state index in [0.29, 0.717) is 16.3 Å². The van der Waals surface area contributed by atoms with Crippen molar-refractivity contribution in [2.75, 3.05) is 12.4 Å². The number of nitrogens with one attached hydrogen (secondary N) is 1. The van der Waals surface area contributed by atoms with E-state index in [1.807, 2.05) is 0 Å². The number of rotatable bonds is 4. The highest BCUT2D eigenvalue weighted by Gasteiger charge is 2.33. The van der Waals surface area contributed by atoms with Gasteiger partial charge in [0.1, 0.15) is 10.8 Å². The Morgan fingerprint density at radius 1 is 1.12 bits per heavy atom. The quantitative estimate of drug-likeness (QED) is 0.806. The first-order chi connectivity index (χ1) is 12.3. The van der Waals surface area contributed by atoms with Crippen LogP contribution in [0, 0.1) is 0 Å². The van der Waals surface area contributed by atoms with Crippen molar-refractivity contribution in [1.82, 2.24) is 4.90 Å². The second-order valence-corrected chi connectivity index (χ2v) is 6.52. The zero-order valence-corrected chi connectivity index (χ0v) is 15.4. The summed E-state index contributed by atoms with van der Waals surface area (Å²) < 4.78 is 5.55. The van der Waals surface area contributed by atoms with Crippen molar-refractivity contribution in [3.63, 3.8) is 0 Å². The Bertz CT molecular complexity index is 929. The van der Waals surface area contributed by atoms with E-state index in [-0.39, 0.29) is 22.2 Å². The van der Waals surface area contributed by atoms with Crippen LogP contribution in [0.25, 0.3) is 0 Å². The molecular weight excluding hydrogens is 379 g/mol. The number of benzene rings is 2. The maximum absolute atomic E-state index is 12.3. The van der Waals surface area contributed by atoms with Gasteiger partial charge in [0.05, 0.1) is 16.1 Å². The van der Waals surface area contributed by atoms with Gasteiger partial charge in [-0.1, -0.05) is 29.3 Å². The second-order valence-electron chi connectivity index (χ2n) is 5.73. The summed E-state index contributed by atoms with van der Waals surface area (Å²) in [6, 6.07) is 9.41. The van der Waals surface area contributed by atoms with Crippen LogP contribution in [0.15, 0.2) is 36.4 Å². The van der Waals surface area contributed by atoms with Gasteiger partial charge in [-0.15, -0.1) is 0 Å². The molecule has 1 N–H and O–H groups in total. The molecule has 0 bridgehead atoms. The third-order valence-electron chi connectivity index (χ3n) is 3.95. The Morgan fingerprint density at radius 3 is 2.54 bits per heavy atom. The van der Waals surface area contributed by atoms with Gasteiger partial charge >= 0.3 is 0 Å². The van der Waals surface area contributed by atoms with Crippen molar-refractivity contribution in [3.8, 4) is 5.75 Å². The molecule has 0 aliphatic carbocycles. The van der Waals surface area contributed by atoms with Crippen LogP contribution >= 0.6 is 23.2 Å². The van der Waals surface area contributed by atoms with Crippen molar-refractivity contribution in [1.29, 1.82) is 0 Å². The van der Waals surface area contributed by atoms with Crippen LogP contribution in [-0.4, -0.2) is 35.8 Å². The van der Waals surface area contributed by atoms with E-state index in [9.17, 15) is 14.4 Å². The van der Waals surface area contributed by atoms with Gasteiger partial charge in [0.15, 0.2) is 6.10 Å². The van der Waals surface area contributed by atoms with E-state index < -0.39 is 17.9 Å². The lowest BCUT2D eigenvalue weighted by Crippen LogP contribution is -2.30. The summed E-state index contributed by atoms with van der Waals surface area (Å²) in [6.07, 6.45) is -0.862. The molecule has 3 rings (SSSR count). The minimum absolute atomic E-state index is 0.221. The molecule has 0 spiro atoms. The second kappa shape index (κ2) is 6.97. The minimum atomic E-state index is -0.862. The largest absolute Gasteiger partial charge is 0.479 e. The molecule has 0 aromatic heterocycles. The lowest BCUT2D eigenvalue weighted by Gasteiger charge is -2.16. The predicted octanol–water partition coefficient (Wildman–Crippen LogP) is 3.63. The summed E-state index contributed by atoms with van der Waals surface area (Å²) in [5.74, 6) is -0.921. The van der Waals surface area contributed by atoms with Crippen LogP contribution < -0.4 is 10.1 Å². The number of fused-ring (bicyclic) bond motifs is 1. The number of hydrogen-bond donors (Lipinski definition) is 1. The molecule has 1 atom stereocenters. The van der Waals surface area contributed by atoms with E-state index in [0.717, 1.165) is 4.90 Å². The van der Waals surface area contributed by atoms with Crippen molar-refractivity contribution in [2.24, 2.45) is 0 Å². The summed E-state index contributed by atoms with van der Waals surface area (Å²) in [7, 11) is 1.41. The van der Waals surface area contributed by atoms with Gasteiger partial charge in [0.25, 0.3) is 17.7 Å². The Morgan fingerprint density at radius 2 is 1.81 bits per heavy atom. The zero-order chi connectivity index (χ0) is 19.0. The summed E-state index contributed by atoms with van der Waals surface area (Å²) in [5.41, 5.74) is 0.949. The van der Waals surface area contributed by atoms with Crippen LogP contribution in [0.5, 0.6) is 5.75 Å². The van der Waals surface area contributed by atoms with Crippen LogP contribution in [0.2, 0.25) is 10.0 Å². The molecule has 3 amide bonds. The third kappa shape index (κ3) is 3.25. The Kier molecular flexibility index (Phi) is 4.89. The fourth-order valence-corrected chi connectivity index (χ4v) is 2.84. The van der Waals surface area contributed by atoms with Gasteiger partial charge in [-0.3, -0.25) is 19.3 Å². The van der Waals surface area contributed by atoms with E-state index >= 15 is 0 Å². The smallest absolute Gasteiger partial charge is 0.265 e. The molecule has 0 saturated carbocycles. The van der Waals surface area contributed by atoms with Crippen molar-refractivity contribution < 1.29 is 19.1 Å². The summed E-state index contributed by atoms with van der Waals surface area (Å²) in [5, 5.41) is 3.20. The monoisotopic (exact) mass is 392 g/mol. The maximum atomic E-state index is 12.3. The average molecular weight is 393 g/mol. The Hall–Kier alpha value is -2.57. The highest BCUT2D eigenvalue weighted by molar-refractivity contribution is 6.42. The highest BCUT2D eigenvalue weighted by atomic mass is 35.5. The maximum Gasteiger partial charge on any atom is 0.265 e. The Labute approximate surface area is 159 Å². The first-order valence-electron chi connectivity index (χ1n) is 7.67. The number of carbonyl (C=O) groups is 3. The van der Waals surface area contributed by atoms with Gasteiger partial charge in [-0.25, -0.2) is 0 Å². The normalized spacial score (nSPS) is 14.2. The van der Waals surface area contributed by atoms with E-state index in [1.165, 1.54) is 19.2 Å². The molecule has 1 aliphatic rings. The molecule has 2 aromatic rings. The molecule has 26 heavy (non-hydrogen) atoms. The van der Waals surface area contributed by atoms with Gasteiger partial charge in [-0.2, -0.15) is 0 Å². The van der Waals surface area contributed by atoms with Crippen LogP contribution in [0.1, 0.15) is 27.6 Å². The molecule has 2 aromatic carbocycles. The number of nitrogens with zero attached hydrogens (tertiary/aromatic N) is 1. The molecule has 1 heterocycles. The Balaban J connectivity index is 1.73. The number of halogens is 2. The molecule has 8 heteroatoms. The summed E-state index contributed by atoms with van der Waals surface area (Å²) in [6.45, 7) is 1.56. The minimum Gasteiger partial charge on any atom is -0.479 e. The molecule has 134 valence electrons. The fraction of sp³-hybridized carbons (Fsp3) is 0.167. The lowest BCUT2D eigenvalue weighted by atomic mass is 10.1. The van der Waals surface area contributed by atoms with E-state index in [1.54, 1.807) is 31.2 Å². The number of ether oxygens (including phenoxy) is 1.